The first-order chi connectivity index (χ1) is 11.7. The van der Waals surface area contributed by atoms with Crippen LogP contribution in [0.15, 0.2) is 18.2 Å². The average molecular weight is 333 g/mol. The minimum atomic E-state index is 0.0692. The van der Waals surface area contributed by atoms with E-state index in [1.54, 1.807) is 20.3 Å². The van der Waals surface area contributed by atoms with E-state index >= 15 is 0 Å². The van der Waals surface area contributed by atoms with Crippen LogP contribution in [0, 0.1) is 5.92 Å². The fraction of sp³-hybridized carbons (Fsp3) is 0.632. The molecule has 5 heteroatoms. The maximum Gasteiger partial charge on any atom is 0.279 e. The monoisotopic (exact) mass is 333 g/mol. The van der Waals surface area contributed by atoms with Gasteiger partial charge < -0.3 is 19.7 Å². The predicted octanol–water partition coefficient (Wildman–Crippen LogP) is 1.88. The first-order valence-corrected chi connectivity index (χ1v) is 9.07. The summed E-state index contributed by atoms with van der Waals surface area (Å²) in [5, 5.41) is 3.02. The summed E-state index contributed by atoms with van der Waals surface area (Å²) in [7, 11) is 3.22. The lowest BCUT2D eigenvalue weighted by Crippen LogP contribution is -3.18. The van der Waals surface area contributed by atoms with E-state index in [0.29, 0.717) is 24.0 Å². The first-order valence-electron chi connectivity index (χ1n) is 9.07. The van der Waals surface area contributed by atoms with Crippen LogP contribution in [-0.4, -0.2) is 39.3 Å². The Bertz CT molecular complexity index is 574. The predicted molar refractivity (Wildman–Crippen MR) is 93.9 cm³/mol. The van der Waals surface area contributed by atoms with Crippen molar-refractivity contribution in [3.8, 4) is 11.5 Å². The van der Waals surface area contributed by atoms with Crippen LogP contribution in [0.1, 0.15) is 38.5 Å². The maximum absolute atomic E-state index is 12.6. The average Bonchev–Trinajstić information content (AvgIpc) is 2.62. The summed E-state index contributed by atoms with van der Waals surface area (Å²) >= 11 is 0. The fourth-order valence-electron chi connectivity index (χ4n) is 4.39. The Hall–Kier alpha value is -1.75. The van der Waals surface area contributed by atoms with Crippen molar-refractivity contribution < 1.29 is 19.2 Å². The van der Waals surface area contributed by atoms with Gasteiger partial charge in [0.1, 0.15) is 11.5 Å². The number of anilines is 1. The zero-order valence-corrected chi connectivity index (χ0v) is 14.8. The van der Waals surface area contributed by atoms with Gasteiger partial charge in [0.25, 0.3) is 5.91 Å². The number of hydrogen-bond acceptors (Lipinski definition) is 3. The molecule has 1 aliphatic carbocycles. The molecule has 2 N–H and O–H groups in total. The highest BCUT2D eigenvalue weighted by molar-refractivity contribution is 5.93. The first kappa shape index (κ1) is 17.1. The van der Waals surface area contributed by atoms with E-state index in [1.807, 2.05) is 12.1 Å². The highest BCUT2D eigenvalue weighted by Gasteiger charge is 2.37. The summed E-state index contributed by atoms with van der Waals surface area (Å²) in [4.78, 5) is 14.0. The molecule has 0 spiro atoms. The lowest BCUT2D eigenvalue weighted by Gasteiger charge is -2.40. The molecule has 0 aromatic heterocycles. The molecule has 1 aliphatic heterocycles. The van der Waals surface area contributed by atoms with E-state index < -0.39 is 0 Å². The third-order valence-corrected chi connectivity index (χ3v) is 5.58. The molecule has 1 aromatic rings. The number of ether oxygens (including phenoxy) is 2. The van der Waals surface area contributed by atoms with Gasteiger partial charge >= 0.3 is 0 Å². The summed E-state index contributed by atoms with van der Waals surface area (Å²) in [6.07, 6.45) is 7.90. The Kier molecular flexibility index (Phi) is 5.61. The quantitative estimate of drug-likeness (QED) is 0.865. The standard InChI is InChI=1S/C19H28N2O3/c1-23-15-9-10-16(18(12-15)24-2)20-19(22)13-21-11-5-7-14-6-3-4-8-17(14)21/h9-10,12,14,17H,3-8,11,13H2,1-2H3,(H,20,22)/p+1/t14-,17-/m0/s1. The number of fused-ring (bicyclic) bond motifs is 1. The molecule has 1 saturated heterocycles. The van der Waals surface area contributed by atoms with Crippen LogP contribution < -0.4 is 19.7 Å². The number of quaternary nitrogens is 1. The smallest absolute Gasteiger partial charge is 0.279 e. The molecule has 1 aromatic carbocycles. The lowest BCUT2D eigenvalue weighted by atomic mass is 9.78. The van der Waals surface area contributed by atoms with Gasteiger partial charge in [0, 0.05) is 12.0 Å². The van der Waals surface area contributed by atoms with Crippen molar-refractivity contribution in [3.63, 3.8) is 0 Å². The molecule has 3 rings (SSSR count). The molecule has 3 atom stereocenters. The highest BCUT2D eigenvalue weighted by atomic mass is 16.5. The van der Waals surface area contributed by atoms with Gasteiger partial charge in [-0.1, -0.05) is 6.42 Å². The molecule has 2 fully saturated rings. The maximum atomic E-state index is 12.6. The number of carbonyl (C=O) groups excluding carboxylic acids is 1. The number of nitrogens with one attached hydrogen (secondary N) is 2. The van der Waals surface area contributed by atoms with Crippen molar-refractivity contribution >= 4 is 11.6 Å². The molecule has 0 radical (unpaired) electrons. The van der Waals surface area contributed by atoms with Crippen LogP contribution in [0.3, 0.4) is 0 Å². The van der Waals surface area contributed by atoms with Gasteiger partial charge in [-0.15, -0.1) is 0 Å². The van der Waals surface area contributed by atoms with Crippen molar-refractivity contribution in [1.82, 2.24) is 0 Å². The lowest BCUT2D eigenvalue weighted by molar-refractivity contribution is -0.928. The Morgan fingerprint density at radius 3 is 2.75 bits per heavy atom. The highest BCUT2D eigenvalue weighted by Crippen LogP contribution is 2.29. The zero-order chi connectivity index (χ0) is 16.9. The van der Waals surface area contributed by atoms with Crippen LogP contribution in [0.5, 0.6) is 11.5 Å². The van der Waals surface area contributed by atoms with Crippen LogP contribution in [0.25, 0.3) is 0 Å². The van der Waals surface area contributed by atoms with Crippen LogP contribution in [-0.2, 0) is 4.79 Å². The number of methoxy groups -OCH3 is 2. The number of carbonyl (C=O) groups is 1. The molecule has 1 unspecified atom stereocenters. The van der Waals surface area contributed by atoms with Crippen LogP contribution >= 0.6 is 0 Å². The normalized spacial score (nSPS) is 26.3. The number of amides is 1. The second-order valence-electron chi connectivity index (χ2n) is 6.99. The van der Waals surface area contributed by atoms with Gasteiger partial charge in [-0.3, -0.25) is 4.79 Å². The van der Waals surface area contributed by atoms with Crippen molar-refractivity contribution in [3.05, 3.63) is 18.2 Å². The molecular weight excluding hydrogens is 304 g/mol. The van der Waals surface area contributed by atoms with Crippen LogP contribution in [0.2, 0.25) is 0 Å². The SMILES string of the molecule is COc1ccc(NC(=O)C[NH+]2CCC[C@@H]3CCCC[C@@H]32)c(OC)c1. The number of benzene rings is 1. The molecule has 1 heterocycles. The molecule has 24 heavy (non-hydrogen) atoms. The number of hydrogen-bond donors (Lipinski definition) is 2. The number of likely N-dealkylation sites (tertiary alicyclic amines) is 1. The van der Waals surface area contributed by atoms with E-state index in [9.17, 15) is 4.79 Å². The second-order valence-corrected chi connectivity index (χ2v) is 6.99. The van der Waals surface area contributed by atoms with Gasteiger partial charge in [-0.2, -0.15) is 0 Å². The topological polar surface area (TPSA) is 52.0 Å². The summed E-state index contributed by atoms with van der Waals surface area (Å²) in [6.45, 7) is 1.67. The van der Waals surface area contributed by atoms with Gasteiger partial charge in [0.15, 0.2) is 6.54 Å². The van der Waals surface area contributed by atoms with Crippen molar-refractivity contribution in [1.29, 1.82) is 0 Å². The number of rotatable bonds is 5. The molecule has 5 nitrogen and oxygen atoms in total. The van der Waals surface area contributed by atoms with E-state index in [0.717, 1.165) is 18.2 Å². The summed E-state index contributed by atoms with van der Waals surface area (Å²) in [5.74, 6) is 2.24. The fourth-order valence-corrected chi connectivity index (χ4v) is 4.39. The Morgan fingerprint density at radius 2 is 1.96 bits per heavy atom. The van der Waals surface area contributed by atoms with E-state index in [1.165, 1.54) is 43.4 Å². The van der Waals surface area contributed by atoms with E-state index in [4.69, 9.17) is 9.47 Å². The minimum absolute atomic E-state index is 0.0692. The van der Waals surface area contributed by atoms with Gasteiger partial charge in [-0.25, -0.2) is 0 Å². The molecule has 1 amide bonds. The third kappa shape index (κ3) is 3.83. The Labute approximate surface area is 144 Å². The van der Waals surface area contributed by atoms with Crippen molar-refractivity contribution in [2.24, 2.45) is 5.92 Å². The molecule has 132 valence electrons. The van der Waals surface area contributed by atoms with Gasteiger partial charge in [0.2, 0.25) is 0 Å². The zero-order valence-electron chi connectivity index (χ0n) is 14.8. The van der Waals surface area contributed by atoms with Gasteiger partial charge in [0.05, 0.1) is 32.5 Å². The molecule has 0 bridgehead atoms. The Balaban J connectivity index is 1.63. The van der Waals surface area contributed by atoms with E-state index in [-0.39, 0.29) is 5.91 Å². The molecule has 2 aliphatic rings. The van der Waals surface area contributed by atoms with Gasteiger partial charge in [-0.05, 0) is 44.2 Å². The number of piperidine rings is 1. The molecular formula is C19H29N2O3+. The molecule has 1 saturated carbocycles. The largest absolute Gasteiger partial charge is 0.497 e. The van der Waals surface area contributed by atoms with E-state index in [2.05, 4.69) is 5.32 Å². The Morgan fingerprint density at radius 1 is 1.17 bits per heavy atom. The van der Waals surface area contributed by atoms with Crippen molar-refractivity contribution in [2.45, 2.75) is 44.6 Å². The minimum Gasteiger partial charge on any atom is -0.497 e. The summed E-state index contributed by atoms with van der Waals surface area (Å²) in [5.41, 5.74) is 0.708. The third-order valence-electron chi connectivity index (χ3n) is 5.58. The summed E-state index contributed by atoms with van der Waals surface area (Å²) < 4.78 is 10.6. The van der Waals surface area contributed by atoms with Crippen LogP contribution in [0.4, 0.5) is 5.69 Å². The summed E-state index contributed by atoms with van der Waals surface area (Å²) in [6, 6.07) is 6.14. The second kappa shape index (κ2) is 7.88. The van der Waals surface area contributed by atoms with Crippen molar-refractivity contribution in [2.75, 3.05) is 32.6 Å².